The molecule has 8 heteroatoms. The monoisotopic (exact) mass is 426 g/mol. The zero-order valence-electron chi connectivity index (χ0n) is 17.9. The van der Waals surface area contributed by atoms with Crippen LogP contribution in [0.15, 0.2) is 36.4 Å². The highest BCUT2D eigenvalue weighted by Gasteiger charge is 2.23. The Bertz CT molecular complexity index is 988. The highest BCUT2D eigenvalue weighted by atomic mass is 16.5. The number of likely N-dealkylation sites (N-methyl/N-ethyl adjacent to an activating group) is 1. The number of carbonyl (C=O) groups excluding carboxylic acids is 3. The van der Waals surface area contributed by atoms with Crippen molar-refractivity contribution >= 4 is 23.3 Å². The number of anilines is 1. The zero-order valence-corrected chi connectivity index (χ0v) is 17.9. The minimum absolute atomic E-state index is 0.0136. The van der Waals surface area contributed by atoms with Gasteiger partial charge in [0.15, 0.2) is 23.9 Å². The number of benzene rings is 2. The van der Waals surface area contributed by atoms with E-state index in [0.717, 1.165) is 5.56 Å². The smallest absolute Gasteiger partial charge is 0.264 e. The van der Waals surface area contributed by atoms with Crippen molar-refractivity contribution in [1.82, 2.24) is 5.32 Å². The summed E-state index contributed by atoms with van der Waals surface area (Å²) in [6, 6.07) is 10.6. The van der Waals surface area contributed by atoms with Crippen LogP contribution >= 0.6 is 0 Å². The summed E-state index contributed by atoms with van der Waals surface area (Å²) in [6.07, 6.45) is 0.803. The van der Waals surface area contributed by atoms with E-state index in [1.54, 1.807) is 39.5 Å². The molecule has 8 nitrogen and oxygen atoms in total. The summed E-state index contributed by atoms with van der Waals surface area (Å²) in [5.41, 5.74) is 2.01. The number of ketones is 1. The van der Waals surface area contributed by atoms with Crippen molar-refractivity contribution in [3.8, 4) is 17.2 Å². The number of ether oxygens (including phenoxy) is 3. The van der Waals surface area contributed by atoms with Crippen LogP contribution in [0.4, 0.5) is 5.69 Å². The topological polar surface area (TPSA) is 94.2 Å². The number of nitrogens with one attached hydrogen (secondary N) is 1. The lowest BCUT2D eigenvalue weighted by Gasteiger charge is -2.26. The van der Waals surface area contributed by atoms with Gasteiger partial charge in [0.05, 0.1) is 19.9 Å². The molecule has 1 aliphatic heterocycles. The van der Waals surface area contributed by atoms with Crippen molar-refractivity contribution in [1.29, 1.82) is 0 Å². The number of Topliss-reactive ketones (excluding diaryl/α,β-unsaturated/α-hetero) is 1. The Morgan fingerprint density at radius 3 is 2.58 bits per heavy atom. The Morgan fingerprint density at radius 2 is 1.84 bits per heavy atom. The lowest BCUT2D eigenvalue weighted by molar-refractivity contribution is -0.121. The molecule has 0 unspecified atom stereocenters. The van der Waals surface area contributed by atoms with E-state index in [-0.39, 0.29) is 37.0 Å². The molecule has 1 N–H and O–H groups in total. The molecule has 0 bridgehead atoms. The van der Waals surface area contributed by atoms with Gasteiger partial charge in [-0.3, -0.25) is 14.4 Å². The highest BCUT2D eigenvalue weighted by Crippen LogP contribution is 2.32. The van der Waals surface area contributed by atoms with Crippen molar-refractivity contribution in [2.24, 2.45) is 0 Å². The molecule has 0 aromatic heterocycles. The minimum Gasteiger partial charge on any atom is -0.493 e. The number of nitrogens with zero attached hydrogens (tertiary/aromatic N) is 1. The number of methoxy groups -OCH3 is 2. The first-order chi connectivity index (χ1) is 14.9. The van der Waals surface area contributed by atoms with Crippen molar-refractivity contribution < 1.29 is 28.6 Å². The summed E-state index contributed by atoms with van der Waals surface area (Å²) in [5, 5.41) is 2.83. The van der Waals surface area contributed by atoms with Gasteiger partial charge in [0.1, 0.15) is 5.75 Å². The first-order valence-corrected chi connectivity index (χ1v) is 9.97. The van der Waals surface area contributed by atoms with E-state index in [2.05, 4.69) is 5.32 Å². The minimum atomic E-state index is -0.192. The molecular weight excluding hydrogens is 400 g/mol. The van der Waals surface area contributed by atoms with Crippen molar-refractivity contribution in [3.63, 3.8) is 0 Å². The average molecular weight is 426 g/mol. The summed E-state index contributed by atoms with van der Waals surface area (Å²) < 4.78 is 15.9. The van der Waals surface area contributed by atoms with E-state index in [9.17, 15) is 14.4 Å². The lowest BCUT2D eigenvalue weighted by Crippen LogP contribution is -2.35. The quantitative estimate of drug-likeness (QED) is 0.619. The summed E-state index contributed by atoms with van der Waals surface area (Å²) in [4.78, 5) is 37.9. The van der Waals surface area contributed by atoms with Crippen LogP contribution in [0, 0.1) is 0 Å². The normalized spacial score (nSPS) is 12.6. The Balaban J connectivity index is 1.48. The van der Waals surface area contributed by atoms with Crippen LogP contribution in [0.3, 0.4) is 0 Å². The fraction of sp³-hybridized carbons (Fsp3) is 0.348. The van der Waals surface area contributed by atoms with Crippen molar-refractivity contribution in [2.75, 3.05) is 39.3 Å². The van der Waals surface area contributed by atoms with E-state index < -0.39 is 0 Å². The van der Waals surface area contributed by atoms with E-state index in [1.807, 2.05) is 18.2 Å². The second kappa shape index (κ2) is 9.97. The maximum atomic E-state index is 12.5. The molecule has 0 saturated carbocycles. The molecule has 3 rings (SSSR count). The van der Waals surface area contributed by atoms with Gasteiger partial charge in [0, 0.05) is 32.0 Å². The van der Waals surface area contributed by atoms with Crippen LogP contribution in [-0.2, 0) is 16.0 Å². The maximum Gasteiger partial charge on any atom is 0.264 e. The van der Waals surface area contributed by atoms with E-state index in [4.69, 9.17) is 14.2 Å². The fourth-order valence-corrected chi connectivity index (χ4v) is 3.29. The predicted molar refractivity (Wildman–Crippen MR) is 115 cm³/mol. The van der Waals surface area contributed by atoms with Crippen LogP contribution in [0.2, 0.25) is 0 Å². The molecule has 2 amide bonds. The predicted octanol–water partition coefficient (Wildman–Crippen LogP) is 2.38. The molecular formula is C23H26N2O6. The van der Waals surface area contributed by atoms with Gasteiger partial charge in [-0.25, -0.2) is 0 Å². The van der Waals surface area contributed by atoms with Crippen molar-refractivity contribution in [3.05, 3.63) is 47.5 Å². The summed E-state index contributed by atoms with van der Waals surface area (Å²) in [5.74, 6) is 1.32. The standard InChI is InChI=1S/C23H26N2O6/c1-25-17-13-16(5-8-19(17)31-14-23(25)28)18(26)6-9-22(27)24-11-10-15-4-7-20(29-2)21(12-15)30-3/h4-5,7-8,12-13H,6,9-11,14H2,1-3H3,(H,24,27). The molecule has 0 spiro atoms. The summed E-state index contributed by atoms with van der Waals surface area (Å²) in [7, 11) is 4.80. The number of hydrogen-bond acceptors (Lipinski definition) is 6. The highest BCUT2D eigenvalue weighted by molar-refractivity contribution is 6.02. The molecule has 0 atom stereocenters. The van der Waals surface area contributed by atoms with Crippen LogP contribution in [0.25, 0.3) is 0 Å². The first-order valence-electron chi connectivity index (χ1n) is 9.97. The van der Waals surface area contributed by atoms with E-state index in [1.165, 1.54) is 4.90 Å². The zero-order chi connectivity index (χ0) is 22.4. The number of rotatable bonds is 9. The third-order valence-corrected chi connectivity index (χ3v) is 5.13. The van der Waals surface area contributed by atoms with Crippen LogP contribution in [0.1, 0.15) is 28.8 Å². The molecule has 0 radical (unpaired) electrons. The van der Waals surface area contributed by atoms with Gasteiger partial charge in [-0.05, 0) is 42.3 Å². The second-order valence-electron chi connectivity index (χ2n) is 7.14. The largest absolute Gasteiger partial charge is 0.493 e. The third kappa shape index (κ3) is 5.33. The lowest BCUT2D eigenvalue weighted by atomic mass is 10.0. The van der Waals surface area contributed by atoms with Crippen LogP contribution in [-0.4, -0.2) is 52.0 Å². The molecule has 2 aromatic rings. The van der Waals surface area contributed by atoms with Gasteiger partial charge in [0.2, 0.25) is 5.91 Å². The van der Waals surface area contributed by atoms with E-state index in [0.29, 0.717) is 41.5 Å². The SMILES string of the molecule is COc1ccc(CCNC(=O)CCC(=O)c2ccc3c(c2)N(C)C(=O)CO3)cc1OC. The number of hydrogen-bond donors (Lipinski definition) is 1. The first kappa shape index (κ1) is 22.1. The van der Waals surface area contributed by atoms with Gasteiger partial charge in [0.25, 0.3) is 5.91 Å². The summed E-state index contributed by atoms with van der Waals surface area (Å²) >= 11 is 0. The van der Waals surface area contributed by atoms with E-state index >= 15 is 0 Å². The molecule has 164 valence electrons. The van der Waals surface area contributed by atoms with Gasteiger partial charge in [-0.2, -0.15) is 0 Å². The third-order valence-electron chi connectivity index (χ3n) is 5.13. The molecule has 0 saturated heterocycles. The Labute approximate surface area is 181 Å². The molecule has 0 aliphatic carbocycles. The number of fused-ring (bicyclic) bond motifs is 1. The fourth-order valence-electron chi connectivity index (χ4n) is 3.29. The van der Waals surface area contributed by atoms with Gasteiger partial charge >= 0.3 is 0 Å². The molecule has 1 heterocycles. The van der Waals surface area contributed by atoms with Crippen molar-refractivity contribution in [2.45, 2.75) is 19.3 Å². The molecule has 31 heavy (non-hydrogen) atoms. The molecule has 2 aromatic carbocycles. The average Bonchev–Trinajstić information content (AvgIpc) is 2.79. The maximum absolute atomic E-state index is 12.5. The van der Waals surface area contributed by atoms with Gasteiger partial charge in [-0.15, -0.1) is 0 Å². The van der Waals surface area contributed by atoms with Crippen LogP contribution < -0.4 is 24.4 Å². The Hall–Kier alpha value is -3.55. The number of amides is 2. The summed E-state index contributed by atoms with van der Waals surface area (Å²) in [6.45, 7) is 0.436. The Kier molecular flexibility index (Phi) is 7.12. The molecule has 1 aliphatic rings. The molecule has 0 fully saturated rings. The van der Waals surface area contributed by atoms with Crippen LogP contribution in [0.5, 0.6) is 17.2 Å². The number of carbonyl (C=O) groups is 3. The van der Waals surface area contributed by atoms with Gasteiger partial charge in [-0.1, -0.05) is 6.07 Å². The Morgan fingerprint density at radius 1 is 1.06 bits per heavy atom. The second-order valence-corrected chi connectivity index (χ2v) is 7.14. The van der Waals surface area contributed by atoms with Gasteiger partial charge < -0.3 is 24.4 Å².